The molecule has 1 unspecified atom stereocenters. The number of carbonyl (C=O) groups excluding carboxylic acids is 3. The van der Waals surface area contributed by atoms with Crippen molar-refractivity contribution in [1.82, 2.24) is 9.13 Å². The van der Waals surface area contributed by atoms with Gasteiger partial charge in [0.05, 0.1) is 19.8 Å². The largest absolute Gasteiger partial charge is 0.510 e. The summed E-state index contributed by atoms with van der Waals surface area (Å²) in [7, 11) is -4.75. The van der Waals surface area contributed by atoms with Gasteiger partial charge in [-0.25, -0.2) is 32.6 Å². The number of esters is 1. The van der Waals surface area contributed by atoms with Crippen LogP contribution in [0.3, 0.4) is 0 Å². The Kier molecular flexibility index (Phi) is 14.1. The molecule has 2 rings (SSSR count). The van der Waals surface area contributed by atoms with Crippen LogP contribution in [0.15, 0.2) is 21.9 Å². The van der Waals surface area contributed by atoms with Crippen molar-refractivity contribution in [3.8, 4) is 0 Å². The Balaban J connectivity index is 2.21. The number of phosphoric ester groups is 1. The van der Waals surface area contributed by atoms with Gasteiger partial charge in [0.25, 0.3) is 5.56 Å². The standard InChI is InChI=1S/C24H38N3O17P/c1-6-36-22(32)39-12-42-45(35,43-13-40-23(33)37-7-2)41-10-15-18(29)24(5,34)20(44-15)26-9-8-16(28)27(21(26)31)11-38-19(30)17(25)14(3)4/h8-9,14-15,17-18,20,29,34H,6-7,10-13,25H2,1-5H3/t15-,17?,18-,20-,24-/m1/s1. The third kappa shape index (κ3) is 10.3. The first-order valence-corrected chi connectivity index (χ1v) is 15.0. The van der Waals surface area contributed by atoms with Crippen LogP contribution in [0.1, 0.15) is 40.8 Å². The van der Waals surface area contributed by atoms with E-state index in [9.17, 15) is 38.8 Å². The minimum atomic E-state index is -4.75. The van der Waals surface area contributed by atoms with Gasteiger partial charge >= 0.3 is 31.8 Å². The number of aromatic nitrogens is 2. The lowest BCUT2D eigenvalue weighted by Gasteiger charge is -2.28. The van der Waals surface area contributed by atoms with Gasteiger partial charge < -0.3 is 44.4 Å². The summed E-state index contributed by atoms with van der Waals surface area (Å²) in [4.78, 5) is 60.5. The Morgan fingerprint density at radius 2 is 1.58 bits per heavy atom. The molecule has 0 saturated carbocycles. The van der Waals surface area contributed by atoms with Gasteiger partial charge in [-0.3, -0.25) is 18.7 Å². The van der Waals surface area contributed by atoms with E-state index in [2.05, 4.69) is 18.9 Å². The van der Waals surface area contributed by atoms with Crippen molar-refractivity contribution in [1.29, 1.82) is 0 Å². The highest BCUT2D eigenvalue weighted by Crippen LogP contribution is 2.50. The summed E-state index contributed by atoms with van der Waals surface area (Å²) in [5, 5.41) is 21.9. The fourth-order valence-electron chi connectivity index (χ4n) is 3.58. The van der Waals surface area contributed by atoms with Crippen molar-refractivity contribution in [2.45, 2.75) is 71.4 Å². The summed E-state index contributed by atoms with van der Waals surface area (Å²) in [5.41, 5.74) is 1.57. The first kappa shape index (κ1) is 37.8. The van der Waals surface area contributed by atoms with Crippen LogP contribution in [0.2, 0.25) is 0 Å². The number of ether oxygens (including phenoxy) is 6. The Bertz CT molecular complexity index is 1300. The molecule has 0 aromatic carbocycles. The van der Waals surface area contributed by atoms with Crippen LogP contribution in [-0.2, 0) is 58.1 Å². The van der Waals surface area contributed by atoms with Crippen molar-refractivity contribution in [3.05, 3.63) is 33.1 Å². The monoisotopic (exact) mass is 671 g/mol. The molecule has 1 saturated heterocycles. The summed E-state index contributed by atoms with van der Waals surface area (Å²) in [6.45, 7) is 3.74. The molecule has 1 aromatic rings. The number of nitrogens with zero attached hydrogens (tertiary/aromatic N) is 2. The topological polar surface area (TPSA) is 262 Å². The first-order chi connectivity index (χ1) is 21.1. The average molecular weight is 672 g/mol. The number of hydrogen-bond acceptors (Lipinski definition) is 18. The van der Waals surface area contributed by atoms with Gasteiger partial charge in [0.1, 0.15) is 23.9 Å². The lowest BCUT2D eigenvalue weighted by atomic mass is 9.96. The summed E-state index contributed by atoms with van der Waals surface area (Å²) in [5.74, 6) is -1.15. The van der Waals surface area contributed by atoms with E-state index in [1.165, 1.54) is 13.8 Å². The second-order valence-corrected chi connectivity index (χ2v) is 11.4. The van der Waals surface area contributed by atoms with Crippen molar-refractivity contribution < 1.29 is 71.2 Å². The van der Waals surface area contributed by atoms with E-state index in [4.69, 9.17) is 28.8 Å². The maximum Gasteiger partial charge on any atom is 0.510 e. The third-order valence-corrected chi connectivity index (χ3v) is 7.43. The molecular weight excluding hydrogens is 633 g/mol. The molecule has 0 amide bonds. The SMILES string of the molecule is CCOC(=O)OCOP(=O)(OCOC(=O)OCC)OC[C@H]1O[C@@H](n2ccc(=O)n(COC(=O)C(N)C(C)C)c2=O)[C@](C)(O)[C@@H]1O. The van der Waals surface area contributed by atoms with Crippen molar-refractivity contribution >= 4 is 26.1 Å². The smallest absolute Gasteiger partial charge is 0.442 e. The molecule has 0 radical (unpaired) electrons. The zero-order chi connectivity index (χ0) is 33.9. The zero-order valence-corrected chi connectivity index (χ0v) is 26.1. The van der Waals surface area contributed by atoms with Crippen molar-refractivity contribution in [2.24, 2.45) is 11.7 Å². The average Bonchev–Trinajstić information content (AvgIpc) is 3.19. The molecule has 256 valence electrons. The molecule has 1 aliphatic rings. The van der Waals surface area contributed by atoms with E-state index in [1.807, 2.05) is 0 Å². The van der Waals surface area contributed by atoms with E-state index in [0.29, 0.717) is 4.57 Å². The molecule has 4 N–H and O–H groups in total. The third-order valence-electron chi connectivity index (χ3n) is 6.13. The van der Waals surface area contributed by atoms with Crippen LogP contribution in [0.25, 0.3) is 0 Å². The predicted molar refractivity (Wildman–Crippen MR) is 146 cm³/mol. The summed E-state index contributed by atoms with van der Waals surface area (Å²) in [6.07, 6.45) is -6.36. The molecule has 45 heavy (non-hydrogen) atoms. The normalized spacial score (nSPS) is 22.1. The number of aliphatic hydroxyl groups excluding tert-OH is 1. The number of phosphoric acid groups is 1. The van der Waals surface area contributed by atoms with Crippen molar-refractivity contribution in [3.63, 3.8) is 0 Å². The van der Waals surface area contributed by atoms with Gasteiger partial charge in [-0.1, -0.05) is 13.8 Å². The quantitative estimate of drug-likeness (QED) is 0.0898. The number of nitrogens with two attached hydrogens (primary N) is 1. The van der Waals surface area contributed by atoms with Crippen LogP contribution < -0.4 is 17.0 Å². The minimum absolute atomic E-state index is 0.0348. The molecule has 5 atom stereocenters. The van der Waals surface area contributed by atoms with E-state index >= 15 is 0 Å². The molecular formula is C24H38N3O17P. The summed E-state index contributed by atoms with van der Waals surface area (Å²) < 4.78 is 58.2. The van der Waals surface area contributed by atoms with Crippen LogP contribution in [-0.4, -0.2) is 94.9 Å². The molecule has 1 aliphatic heterocycles. The maximum absolute atomic E-state index is 13.2. The highest BCUT2D eigenvalue weighted by molar-refractivity contribution is 7.48. The highest BCUT2D eigenvalue weighted by atomic mass is 31.2. The van der Waals surface area contributed by atoms with Crippen LogP contribution >= 0.6 is 7.82 Å². The zero-order valence-electron chi connectivity index (χ0n) is 25.2. The van der Waals surface area contributed by atoms with Gasteiger partial charge in [0.2, 0.25) is 13.6 Å². The Morgan fingerprint density at radius 1 is 1.02 bits per heavy atom. The van der Waals surface area contributed by atoms with Gasteiger partial charge in [0, 0.05) is 12.3 Å². The molecule has 0 spiro atoms. The van der Waals surface area contributed by atoms with Gasteiger partial charge in [-0.2, -0.15) is 0 Å². The maximum atomic E-state index is 13.2. The Labute approximate surface area is 256 Å². The van der Waals surface area contributed by atoms with E-state index < -0.39 is 94.4 Å². The van der Waals surface area contributed by atoms with E-state index in [1.54, 1.807) is 13.8 Å². The minimum Gasteiger partial charge on any atom is -0.442 e. The number of hydrogen-bond donors (Lipinski definition) is 3. The number of carbonyl (C=O) groups is 3. The summed E-state index contributed by atoms with van der Waals surface area (Å²) in [6, 6.07) is -0.0882. The summed E-state index contributed by atoms with van der Waals surface area (Å²) >= 11 is 0. The first-order valence-electron chi connectivity index (χ1n) is 13.5. The van der Waals surface area contributed by atoms with Gasteiger partial charge in [0.15, 0.2) is 13.0 Å². The Hall–Kier alpha value is -3.36. The Morgan fingerprint density at radius 3 is 2.09 bits per heavy atom. The van der Waals surface area contributed by atoms with Crippen molar-refractivity contribution in [2.75, 3.05) is 33.4 Å². The molecule has 20 nitrogen and oxygen atoms in total. The van der Waals surface area contributed by atoms with Gasteiger partial charge in [-0.05, 0) is 26.7 Å². The fourth-order valence-corrected chi connectivity index (χ4v) is 4.49. The number of rotatable bonds is 16. The molecule has 0 aliphatic carbocycles. The number of aliphatic hydroxyl groups is 2. The molecule has 1 fully saturated rings. The fraction of sp³-hybridized carbons (Fsp3) is 0.708. The second kappa shape index (κ2) is 16.8. The van der Waals surface area contributed by atoms with Crippen LogP contribution in [0.4, 0.5) is 9.59 Å². The molecule has 1 aromatic heterocycles. The van der Waals surface area contributed by atoms with Crippen LogP contribution in [0.5, 0.6) is 0 Å². The predicted octanol–water partition coefficient (Wildman–Crippen LogP) is -0.0776. The van der Waals surface area contributed by atoms with E-state index in [0.717, 1.165) is 23.8 Å². The lowest BCUT2D eigenvalue weighted by Crippen LogP contribution is -2.49. The molecule has 21 heteroatoms. The highest BCUT2D eigenvalue weighted by Gasteiger charge is 2.54. The second-order valence-electron chi connectivity index (χ2n) is 9.72. The lowest BCUT2D eigenvalue weighted by molar-refractivity contribution is -0.150. The van der Waals surface area contributed by atoms with E-state index in [-0.39, 0.29) is 19.1 Å². The van der Waals surface area contributed by atoms with Gasteiger partial charge in [-0.15, -0.1) is 0 Å². The molecule has 2 heterocycles. The molecule has 0 bridgehead atoms. The van der Waals surface area contributed by atoms with Crippen LogP contribution in [0, 0.1) is 5.92 Å².